The molecule has 0 bridgehead atoms. The molecule has 0 spiro atoms. The van der Waals surface area contributed by atoms with Crippen molar-refractivity contribution in [3.63, 3.8) is 0 Å². The lowest BCUT2D eigenvalue weighted by atomic mass is 9.62. The van der Waals surface area contributed by atoms with Crippen molar-refractivity contribution in [2.24, 2.45) is 11.3 Å². The number of nitrogens with zero attached hydrogens (tertiary/aromatic N) is 2. The van der Waals surface area contributed by atoms with Crippen molar-refractivity contribution < 1.29 is 9.59 Å². The highest BCUT2D eigenvalue weighted by molar-refractivity contribution is 6.30. The van der Waals surface area contributed by atoms with Gasteiger partial charge in [-0.25, -0.2) is 0 Å². The summed E-state index contributed by atoms with van der Waals surface area (Å²) < 4.78 is 0. The number of halogens is 2. The van der Waals surface area contributed by atoms with Crippen LogP contribution in [0.3, 0.4) is 0 Å². The summed E-state index contributed by atoms with van der Waals surface area (Å²) in [7, 11) is 0. The largest absolute Gasteiger partial charge is 0.343 e. The van der Waals surface area contributed by atoms with E-state index >= 15 is 0 Å². The van der Waals surface area contributed by atoms with Gasteiger partial charge in [-0.3, -0.25) is 9.59 Å². The molecule has 2 aliphatic rings. The van der Waals surface area contributed by atoms with Gasteiger partial charge in [-0.05, 0) is 72.4 Å². The van der Waals surface area contributed by atoms with Gasteiger partial charge in [0, 0.05) is 48.4 Å². The van der Waals surface area contributed by atoms with Crippen LogP contribution in [0.1, 0.15) is 96.1 Å². The first-order valence-corrected chi connectivity index (χ1v) is 16.2. The molecule has 0 aliphatic carbocycles. The number of Topliss-reactive ketones (excluding diaryl/α,β-unsaturated/α-hetero) is 1. The van der Waals surface area contributed by atoms with Gasteiger partial charge >= 0.3 is 0 Å². The molecule has 4 rings (SSSR count). The lowest BCUT2D eigenvalue weighted by Gasteiger charge is -2.37. The van der Waals surface area contributed by atoms with Gasteiger partial charge in [0.2, 0.25) is 5.91 Å². The van der Waals surface area contributed by atoms with E-state index in [1.165, 1.54) is 0 Å². The van der Waals surface area contributed by atoms with E-state index in [1.807, 2.05) is 53.4 Å². The highest BCUT2D eigenvalue weighted by Crippen LogP contribution is 2.51. The number of carbonyl (C=O) groups is 2. The fourth-order valence-corrected chi connectivity index (χ4v) is 7.43. The Hall–Kier alpha value is -2.39. The number of nitriles is 1. The van der Waals surface area contributed by atoms with Crippen LogP contribution in [0.15, 0.2) is 48.5 Å². The molecule has 2 heterocycles. The van der Waals surface area contributed by atoms with E-state index in [0.717, 1.165) is 69.2 Å². The minimum atomic E-state index is -0.975. The Morgan fingerprint density at radius 1 is 1.02 bits per heavy atom. The molecule has 5 nitrogen and oxygen atoms in total. The first kappa shape index (κ1) is 32.5. The smallest absolute Gasteiger partial charge is 0.219 e. The van der Waals surface area contributed by atoms with Crippen LogP contribution in [0.5, 0.6) is 0 Å². The van der Waals surface area contributed by atoms with Gasteiger partial charge in [0.1, 0.15) is 11.2 Å². The molecule has 2 aliphatic heterocycles. The summed E-state index contributed by atoms with van der Waals surface area (Å²) in [5.41, 5.74) is 0.728. The number of hydrogen-bond acceptors (Lipinski definition) is 4. The van der Waals surface area contributed by atoms with Crippen molar-refractivity contribution in [3.8, 4) is 6.07 Å². The molecule has 0 saturated carbocycles. The number of nitrogens with one attached hydrogen (secondary N) is 1. The molecule has 2 aromatic rings. The molecule has 1 amide bonds. The number of benzene rings is 2. The lowest BCUT2D eigenvalue weighted by Crippen LogP contribution is -2.44. The second-order valence-electron chi connectivity index (χ2n) is 13.5. The van der Waals surface area contributed by atoms with Crippen LogP contribution in [0.4, 0.5) is 0 Å². The van der Waals surface area contributed by atoms with E-state index in [9.17, 15) is 14.9 Å². The highest BCUT2D eigenvalue weighted by Gasteiger charge is 2.59. The average molecular weight is 611 g/mol. The van der Waals surface area contributed by atoms with Gasteiger partial charge in [0.25, 0.3) is 0 Å². The Morgan fingerprint density at radius 2 is 1.71 bits per heavy atom. The van der Waals surface area contributed by atoms with Gasteiger partial charge in [-0.2, -0.15) is 5.26 Å². The Kier molecular flexibility index (Phi) is 10.8. The maximum atomic E-state index is 14.0. The normalized spacial score (nSPS) is 24.9. The zero-order valence-electron chi connectivity index (χ0n) is 25.5. The quantitative estimate of drug-likeness (QED) is 0.276. The SMILES string of the molecule is CC(=O)N1CCC(CCCCCC(=O)[C@@H]2N[C@@H](CC(C)(C)C)[C@](C#N)(c3ccc(Cl)cc3)[C@H]2c2cccc(Cl)c2)CC1. The standard InChI is InChI=1S/C35H45Cl2N3O2/c1-24(41)40-19-17-25(18-20-40)9-6-5-7-12-30(42)33-32(26-10-8-11-29(37)21-26)35(23-38,27-13-15-28(36)16-14-27)31(39-33)22-34(2,3)4/h8,10-11,13-16,21,25,31-33,39H,5-7,9,12,17-20,22H2,1-4H3/t31-,32-,33-,35-/m0/s1. The monoisotopic (exact) mass is 609 g/mol. The van der Waals surface area contributed by atoms with Crippen molar-refractivity contribution >= 4 is 34.9 Å². The van der Waals surface area contributed by atoms with E-state index in [2.05, 4.69) is 32.2 Å². The molecule has 7 heteroatoms. The van der Waals surface area contributed by atoms with Crippen LogP contribution in [-0.4, -0.2) is 41.8 Å². The fraction of sp³-hybridized carbons (Fsp3) is 0.571. The zero-order chi connectivity index (χ0) is 30.5. The van der Waals surface area contributed by atoms with Crippen LogP contribution in [0.25, 0.3) is 0 Å². The second kappa shape index (κ2) is 13.9. The van der Waals surface area contributed by atoms with E-state index in [-0.39, 0.29) is 23.1 Å². The van der Waals surface area contributed by atoms with Crippen LogP contribution in [0.2, 0.25) is 10.0 Å². The van der Waals surface area contributed by atoms with Gasteiger partial charge < -0.3 is 10.2 Å². The molecular weight excluding hydrogens is 565 g/mol. The number of ketones is 1. The molecule has 42 heavy (non-hydrogen) atoms. The Labute approximate surface area is 262 Å². The van der Waals surface area contributed by atoms with Crippen LogP contribution >= 0.6 is 23.2 Å². The molecule has 0 unspecified atom stereocenters. The number of likely N-dealkylation sites (tertiary alicyclic amines) is 1. The maximum absolute atomic E-state index is 14.0. The van der Waals surface area contributed by atoms with E-state index < -0.39 is 17.4 Å². The van der Waals surface area contributed by atoms with Gasteiger partial charge in [0.15, 0.2) is 0 Å². The number of carbonyl (C=O) groups excluding carboxylic acids is 2. The van der Waals surface area contributed by atoms with Crippen molar-refractivity contribution in [1.82, 2.24) is 10.2 Å². The third kappa shape index (κ3) is 7.57. The third-order valence-electron chi connectivity index (χ3n) is 9.23. The molecule has 4 atom stereocenters. The molecule has 2 aromatic carbocycles. The second-order valence-corrected chi connectivity index (χ2v) is 14.4. The van der Waals surface area contributed by atoms with Crippen LogP contribution < -0.4 is 5.32 Å². The first-order valence-electron chi connectivity index (χ1n) is 15.4. The number of rotatable bonds is 10. The van der Waals surface area contributed by atoms with Crippen LogP contribution in [0, 0.1) is 22.7 Å². The van der Waals surface area contributed by atoms with E-state index in [4.69, 9.17) is 23.2 Å². The predicted octanol–water partition coefficient (Wildman–Crippen LogP) is 8.09. The Bertz CT molecular complexity index is 1270. The summed E-state index contributed by atoms with van der Waals surface area (Å²) >= 11 is 12.7. The zero-order valence-corrected chi connectivity index (χ0v) is 27.0. The minimum absolute atomic E-state index is 0.0659. The Balaban J connectivity index is 1.53. The highest BCUT2D eigenvalue weighted by atomic mass is 35.5. The topological polar surface area (TPSA) is 73.2 Å². The molecule has 1 N–H and O–H groups in total. The minimum Gasteiger partial charge on any atom is -0.343 e. The van der Waals surface area contributed by atoms with Crippen molar-refractivity contribution in [2.45, 2.75) is 102 Å². The van der Waals surface area contributed by atoms with Gasteiger partial charge in [-0.15, -0.1) is 0 Å². The lowest BCUT2D eigenvalue weighted by molar-refractivity contribution is -0.130. The summed E-state index contributed by atoms with van der Waals surface area (Å²) in [6.45, 7) is 9.89. The van der Waals surface area contributed by atoms with Gasteiger partial charge in [0.05, 0.1) is 12.1 Å². The first-order chi connectivity index (χ1) is 19.9. The van der Waals surface area contributed by atoms with Crippen molar-refractivity contribution in [2.75, 3.05) is 13.1 Å². The number of amides is 1. The average Bonchev–Trinajstić information content (AvgIpc) is 3.26. The predicted molar refractivity (Wildman–Crippen MR) is 171 cm³/mol. The third-order valence-corrected chi connectivity index (χ3v) is 9.71. The Morgan fingerprint density at radius 3 is 2.31 bits per heavy atom. The van der Waals surface area contributed by atoms with E-state index in [0.29, 0.717) is 22.4 Å². The summed E-state index contributed by atoms with van der Waals surface area (Å²) in [6, 6.07) is 17.2. The molecular formula is C35H45Cl2N3O2. The summed E-state index contributed by atoms with van der Waals surface area (Å²) in [5, 5.41) is 15.9. The van der Waals surface area contributed by atoms with Crippen molar-refractivity contribution in [1.29, 1.82) is 5.26 Å². The molecule has 0 aromatic heterocycles. The molecule has 2 saturated heterocycles. The summed E-state index contributed by atoms with van der Waals surface area (Å²) in [4.78, 5) is 27.6. The van der Waals surface area contributed by atoms with Crippen LogP contribution in [-0.2, 0) is 15.0 Å². The van der Waals surface area contributed by atoms with E-state index in [1.54, 1.807) is 6.92 Å². The summed E-state index contributed by atoms with van der Waals surface area (Å²) in [6.07, 6.45) is 7.41. The molecule has 0 radical (unpaired) electrons. The number of unbranched alkanes of at least 4 members (excludes halogenated alkanes) is 2. The molecule has 2 fully saturated rings. The van der Waals surface area contributed by atoms with Gasteiger partial charge in [-0.1, -0.05) is 87.5 Å². The van der Waals surface area contributed by atoms with Crippen molar-refractivity contribution in [3.05, 3.63) is 69.7 Å². The number of piperidine rings is 1. The molecule has 226 valence electrons. The number of hydrogen-bond donors (Lipinski definition) is 1. The maximum Gasteiger partial charge on any atom is 0.219 e. The summed E-state index contributed by atoms with van der Waals surface area (Å²) in [5.74, 6) is 0.590. The fourth-order valence-electron chi connectivity index (χ4n) is 7.11.